The van der Waals surface area contributed by atoms with E-state index in [1.54, 1.807) is 0 Å². The number of H-pyrrole nitrogens is 1. The van der Waals surface area contributed by atoms with Gasteiger partial charge in [-0.2, -0.15) is 18.3 Å². The van der Waals surface area contributed by atoms with Gasteiger partial charge in [-0.1, -0.05) is 6.42 Å². The number of aromatic nitrogens is 2. The van der Waals surface area contributed by atoms with Crippen LogP contribution in [-0.4, -0.2) is 21.3 Å². The van der Waals surface area contributed by atoms with Gasteiger partial charge < -0.3 is 5.11 Å². The molecule has 4 nitrogen and oxygen atoms in total. The first-order chi connectivity index (χ1) is 7.85. The molecule has 2 N–H and O–H groups in total. The number of nitrogens with zero attached hydrogens (tertiary/aromatic N) is 1. The molecule has 17 heavy (non-hydrogen) atoms. The molecule has 94 valence electrons. The lowest BCUT2D eigenvalue weighted by Crippen LogP contribution is -2.38. The van der Waals surface area contributed by atoms with E-state index in [1.807, 2.05) is 5.10 Å². The first-order valence-corrected chi connectivity index (χ1v) is 5.18. The van der Waals surface area contributed by atoms with Crippen LogP contribution in [0.2, 0.25) is 0 Å². The fourth-order valence-corrected chi connectivity index (χ4v) is 2.34. The summed E-state index contributed by atoms with van der Waals surface area (Å²) in [7, 11) is 0. The highest BCUT2D eigenvalue weighted by Gasteiger charge is 2.47. The summed E-state index contributed by atoms with van der Waals surface area (Å²) in [5, 5.41) is 14.1. The van der Waals surface area contributed by atoms with Crippen molar-refractivity contribution in [1.29, 1.82) is 0 Å². The SMILES string of the molecule is O=C(O)CC1(c2cn[nH]c2C(F)(F)F)CCC1. The van der Waals surface area contributed by atoms with Gasteiger partial charge in [0.15, 0.2) is 0 Å². The molecular formula is C10H11F3N2O2. The van der Waals surface area contributed by atoms with Crippen LogP contribution < -0.4 is 0 Å². The van der Waals surface area contributed by atoms with Crippen LogP contribution in [0, 0.1) is 0 Å². The molecule has 1 aliphatic carbocycles. The Labute approximate surface area is 94.8 Å². The molecule has 1 saturated carbocycles. The molecule has 2 rings (SSSR count). The maximum Gasteiger partial charge on any atom is 0.433 e. The monoisotopic (exact) mass is 248 g/mol. The van der Waals surface area contributed by atoms with Crippen molar-refractivity contribution < 1.29 is 23.1 Å². The summed E-state index contributed by atoms with van der Waals surface area (Å²) in [6, 6.07) is 0. The summed E-state index contributed by atoms with van der Waals surface area (Å²) >= 11 is 0. The van der Waals surface area contributed by atoms with Crippen molar-refractivity contribution in [3.05, 3.63) is 17.5 Å². The third-order valence-corrected chi connectivity index (χ3v) is 3.29. The largest absolute Gasteiger partial charge is 0.481 e. The molecule has 0 amide bonds. The molecule has 0 atom stereocenters. The van der Waals surface area contributed by atoms with E-state index >= 15 is 0 Å². The van der Waals surface area contributed by atoms with E-state index in [9.17, 15) is 18.0 Å². The van der Waals surface area contributed by atoms with Crippen molar-refractivity contribution in [3.63, 3.8) is 0 Å². The highest BCUT2D eigenvalue weighted by molar-refractivity contribution is 5.69. The van der Waals surface area contributed by atoms with Gasteiger partial charge in [-0.3, -0.25) is 9.89 Å². The zero-order chi connectivity index (χ0) is 12.7. The normalized spacial score (nSPS) is 18.8. The lowest BCUT2D eigenvalue weighted by Gasteiger charge is -2.41. The molecule has 0 aromatic carbocycles. The second-order valence-electron chi connectivity index (χ2n) is 4.36. The second-order valence-corrected chi connectivity index (χ2v) is 4.36. The number of carboxylic acids is 1. The Bertz CT molecular complexity index is 435. The van der Waals surface area contributed by atoms with Gasteiger partial charge in [0.05, 0.1) is 12.6 Å². The molecule has 0 spiro atoms. The van der Waals surface area contributed by atoms with Gasteiger partial charge in [-0.15, -0.1) is 0 Å². The smallest absolute Gasteiger partial charge is 0.433 e. The molecule has 0 aliphatic heterocycles. The maximum atomic E-state index is 12.7. The Morgan fingerprint density at radius 3 is 2.59 bits per heavy atom. The van der Waals surface area contributed by atoms with Crippen LogP contribution in [-0.2, 0) is 16.4 Å². The minimum absolute atomic E-state index is 0.0151. The summed E-state index contributed by atoms with van der Waals surface area (Å²) in [4.78, 5) is 10.8. The van der Waals surface area contributed by atoms with Crippen molar-refractivity contribution in [2.45, 2.75) is 37.3 Å². The minimum atomic E-state index is -4.52. The number of hydrogen-bond acceptors (Lipinski definition) is 2. The lowest BCUT2D eigenvalue weighted by molar-refractivity contribution is -0.145. The number of carbonyl (C=O) groups is 1. The van der Waals surface area contributed by atoms with Crippen LogP contribution in [0.25, 0.3) is 0 Å². The first-order valence-electron chi connectivity index (χ1n) is 5.18. The number of carboxylic acid groups (broad SMARTS) is 1. The number of nitrogens with one attached hydrogen (secondary N) is 1. The average Bonchev–Trinajstić information content (AvgIpc) is 2.58. The zero-order valence-corrected chi connectivity index (χ0v) is 8.84. The first kappa shape index (κ1) is 11.9. The third kappa shape index (κ3) is 2.01. The predicted octanol–water partition coefficient (Wildman–Crippen LogP) is 2.32. The van der Waals surface area contributed by atoms with Crippen LogP contribution in [0.5, 0.6) is 0 Å². The van der Waals surface area contributed by atoms with Gasteiger partial charge in [-0.05, 0) is 12.8 Å². The van der Waals surface area contributed by atoms with Gasteiger partial charge in [0, 0.05) is 11.0 Å². The predicted molar refractivity (Wildman–Crippen MR) is 51.4 cm³/mol. The van der Waals surface area contributed by atoms with Gasteiger partial charge in [0.1, 0.15) is 5.69 Å². The van der Waals surface area contributed by atoms with E-state index in [4.69, 9.17) is 5.11 Å². The van der Waals surface area contributed by atoms with Gasteiger partial charge >= 0.3 is 12.1 Å². The van der Waals surface area contributed by atoms with Gasteiger partial charge in [0.25, 0.3) is 0 Å². The Hall–Kier alpha value is -1.53. The maximum absolute atomic E-state index is 12.7. The number of alkyl halides is 3. The molecule has 1 aromatic heterocycles. The third-order valence-electron chi connectivity index (χ3n) is 3.29. The van der Waals surface area contributed by atoms with Gasteiger partial charge in [-0.25, -0.2) is 0 Å². The summed E-state index contributed by atoms with van der Waals surface area (Å²) < 4.78 is 38.1. The lowest BCUT2D eigenvalue weighted by atomic mass is 9.62. The number of aromatic amines is 1. The van der Waals surface area contributed by atoms with E-state index in [2.05, 4.69) is 5.10 Å². The summed E-state index contributed by atoms with van der Waals surface area (Å²) in [6.07, 6.45) is -2.03. The molecular weight excluding hydrogens is 237 g/mol. The average molecular weight is 248 g/mol. The molecule has 1 fully saturated rings. The molecule has 0 unspecified atom stereocenters. The minimum Gasteiger partial charge on any atom is -0.481 e. The highest BCUT2D eigenvalue weighted by Crippen LogP contribution is 2.49. The molecule has 0 saturated heterocycles. The summed E-state index contributed by atoms with van der Waals surface area (Å²) in [6.45, 7) is 0. The topological polar surface area (TPSA) is 66.0 Å². The van der Waals surface area contributed by atoms with Crippen molar-refractivity contribution in [2.24, 2.45) is 0 Å². The van der Waals surface area contributed by atoms with E-state index in [0.29, 0.717) is 12.8 Å². The van der Waals surface area contributed by atoms with E-state index in [0.717, 1.165) is 12.6 Å². The standard InChI is InChI=1S/C10H11F3N2O2/c11-10(12,13)8-6(5-14-15-8)9(2-1-3-9)4-7(16)17/h5H,1-4H2,(H,14,15)(H,16,17). The molecule has 1 heterocycles. The van der Waals surface area contributed by atoms with E-state index in [1.165, 1.54) is 0 Å². The molecule has 1 aliphatic rings. The number of halogens is 3. The zero-order valence-electron chi connectivity index (χ0n) is 8.84. The van der Waals surface area contributed by atoms with Crippen LogP contribution in [0.15, 0.2) is 6.20 Å². The van der Waals surface area contributed by atoms with Gasteiger partial charge in [0.2, 0.25) is 0 Å². The van der Waals surface area contributed by atoms with Crippen molar-refractivity contribution in [1.82, 2.24) is 10.2 Å². The number of aliphatic carboxylic acids is 1. The Morgan fingerprint density at radius 2 is 2.18 bits per heavy atom. The number of rotatable bonds is 3. The summed E-state index contributed by atoms with van der Waals surface area (Å²) in [5.41, 5.74) is -1.83. The number of hydrogen-bond donors (Lipinski definition) is 2. The Balaban J connectivity index is 2.38. The van der Waals surface area contributed by atoms with Crippen LogP contribution >= 0.6 is 0 Å². The molecule has 0 radical (unpaired) electrons. The van der Waals surface area contributed by atoms with E-state index in [-0.39, 0.29) is 12.0 Å². The van der Waals surface area contributed by atoms with Crippen molar-refractivity contribution >= 4 is 5.97 Å². The summed E-state index contributed by atoms with van der Waals surface area (Å²) in [5.74, 6) is -1.08. The molecule has 7 heteroatoms. The highest BCUT2D eigenvalue weighted by atomic mass is 19.4. The van der Waals surface area contributed by atoms with Crippen LogP contribution in [0.1, 0.15) is 36.9 Å². The fraction of sp³-hybridized carbons (Fsp3) is 0.600. The van der Waals surface area contributed by atoms with Crippen molar-refractivity contribution in [2.75, 3.05) is 0 Å². The Morgan fingerprint density at radius 1 is 1.53 bits per heavy atom. The Kier molecular flexibility index (Phi) is 2.63. The van der Waals surface area contributed by atoms with Crippen LogP contribution in [0.3, 0.4) is 0 Å². The van der Waals surface area contributed by atoms with E-state index < -0.39 is 23.3 Å². The molecule has 0 bridgehead atoms. The second kappa shape index (κ2) is 3.75. The molecule has 1 aromatic rings. The van der Waals surface area contributed by atoms with Crippen LogP contribution in [0.4, 0.5) is 13.2 Å². The quantitative estimate of drug-likeness (QED) is 0.862. The van der Waals surface area contributed by atoms with Crippen molar-refractivity contribution in [3.8, 4) is 0 Å². The fourth-order valence-electron chi connectivity index (χ4n) is 2.34.